The van der Waals surface area contributed by atoms with Crippen LogP contribution in [0.2, 0.25) is 0 Å². The normalized spacial score (nSPS) is 12.3. The third kappa shape index (κ3) is 5.09. The molecule has 2 aromatic carbocycles. The minimum Gasteiger partial charge on any atom is -0.480 e. The van der Waals surface area contributed by atoms with Crippen LogP contribution in [0, 0.1) is 0 Å². The zero-order valence-electron chi connectivity index (χ0n) is 15.7. The van der Waals surface area contributed by atoms with Gasteiger partial charge in [0.25, 0.3) is 0 Å². The van der Waals surface area contributed by atoms with E-state index in [1.54, 1.807) is 0 Å². The van der Waals surface area contributed by atoms with Crippen molar-refractivity contribution in [2.75, 3.05) is 5.32 Å². The second-order valence-corrected chi connectivity index (χ2v) is 7.39. The zero-order valence-corrected chi connectivity index (χ0v) is 15.7. The number of urea groups is 1. The van der Waals surface area contributed by atoms with E-state index in [1.807, 2.05) is 54.6 Å². The quantitative estimate of drug-likeness (QED) is 0.831. The minimum atomic E-state index is -1.04. The van der Waals surface area contributed by atoms with Crippen molar-refractivity contribution in [3.05, 3.63) is 65.7 Å². The maximum Gasteiger partial charge on any atom is 0.326 e. The van der Waals surface area contributed by atoms with Crippen LogP contribution >= 0.6 is 0 Å². The van der Waals surface area contributed by atoms with Crippen LogP contribution in [0.15, 0.2) is 54.6 Å². The van der Waals surface area contributed by atoms with Gasteiger partial charge in [-0.25, -0.2) is 9.59 Å². The van der Waals surface area contributed by atoms with E-state index in [2.05, 4.69) is 26.1 Å². The number of carboxylic acids is 1. The monoisotopic (exact) mass is 354 g/mol. The molecular formula is C21H26N2O3. The number of benzene rings is 2. The third-order valence-electron chi connectivity index (χ3n) is 4.28. The van der Waals surface area contributed by atoms with Gasteiger partial charge in [-0.1, -0.05) is 63.2 Å². The van der Waals surface area contributed by atoms with E-state index < -0.39 is 18.0 Å². The molecule has 2 aromatic rings. The SMILES string of the molecule is CC(C(=O)O)N(Cc1ccccc1)C(=O)Nc1ccc(C(C)(C)C)cc1. The van der Waals surface area contributed by atoms with Gasteiger partial charge in [0.05, 0.1) is 0 Å². The Kier molecular flexibility index (Phi) is 6.03. The Labute approximate surface area is 154 Å². The molecule has 0 radical (unpaired) electrons. The van der Waals surface area contributed by atoms with Crippen molar-refractivity contribution in [2.45, 2.75) is 45.7 Å². The minimum absolute atomic E-state index is 0.0275. The summed E-state index contributed by atoms with van der Waals surface area (Å²) < 4.78 is 0. The lowest BCUT2D eigenvalue weighted by Gasteiger charge is -2.27. The highest BCUT2D eigenvalue weighted by Crippen LogP contribution is 2.23. The van der Waals surface area contributed by atoms with Crippen LogP contribution < -0.4 is 5.32 Å². The summed E-state index contributed by atoms with van der Waals surface area (Å²) in [6, 6.07) is 15.6. The number of hydrogen-bond donors (Lipinski definition) is 2. The molecule has 0 aliphatic rings. The number of anilines is 1. The standard InChI is InChI=1S/C21H26N2O3/c1-15(19(24)25)23(14-16-8-6-5-7-9-16)20(26)22-18-12-10-17(11-13-18)21(2,3)4/h5-13,15H,14H2,1-4H3,(H,22,26)(H,24,25). The van der Waals surface area contributed by atoms with E-state index >= 15 is 0 Å². The average Bonchev–Trinajstić information content (AvgIpc) is 2.59. The molecule has 26 heavy (non-hydrogen) atoms. The average molecular weight is 354 g/mol. The van der Waals surface area contributed by atoms with Crippen molar-refractivity contribution < 1.29 is 14.7 Å². The van der Waals surface area contributed by atoms with Gasteiger partial charge in [0, 0.05) is 12.2 Å². The van der Waals surface area contributed by atoms with Crippen LogP contribution in [0.1, 0.15) is 38.8 Å². The summed E-state index contributed by atoms with van der Waals surface area (Å²) >= 11 is 0. The highest BCUT2D eigenvalue weighted by Gasteiger charge is 2.26. The molecule has 5 heteroatoms. The molecular weight excluding hydrogens is 328 g/mol. The predicted octanol–water partition coefficient (Wildman–Crippen LogP) is 4.49. The van der Waals surface area contributed by atoms with Gasteiger partial charge in [-0.05, 0) is 35.6 Å². The third-order valence-corrected chi connectivity index (χ3v) is 4.28. The fourth-order valence-corrected chi connectivity index (χ4v) is 2.55. The number of aliphatic carboxylic acids is 1. The highest BCUT2D eigenvalue weighted by atomic mass is 16.4. The van der Waals surface area contributed by atoms with Crippen LogP contribution in [0.25, 0.3) is 0 Å². The zero-order chi connectivity index (χ0) is 19.3. The summed E-state index contributed by atoms with van der Waals surface area (Å²) in [6.07, 6.45) is 0. The van der Waals surface area contributed by atoms with E-state index in [9.17, 15) is 14.7 Å². The molecule has 0 aromatic heterocycles. The largest absolute Gasteiger partial charge is 0.480 e. The number of carbonyl (C=O) groups is 2. The summed E-state index contributed by atoms with van der Waals surface area (Å²) in [6.45, 7) is 8.10. The van der Waals surface area contributed by atoms with Gasteiger partial charge in [-0.3, -0.25) is 0 Å². The topological polar surface area (TPSA) is 69.6 Å². The number of carbonyl (C=O) groups excluding carboxylic acids is 1. The van der Waals surface area contributed by atoms with Gasteiger partial charge in [-0.2, -0.15) is 0 Å². The fourth-order valence-electron chi connectivity index (χ4n) is 2.55. The summed E-state index contributed by atoms with van der Waals surface area (Å²) in [4.78, 5) is 25.4. The molecule has 0 heterocycles. The molecule has 0 saturated carbocycles. The second-order valence-electron chi connectivity index (χ2n) is 7.39. The molecule has 5 nitrogen and oxygen atoms in total. The maximum atomic E-state index is 12.7. The van der Waals surface area contributed by atoms with Crippen LogP contribution in [-0.4, -0.2) is 28.0 Å². The van der Waals surface area contributed by atoms with E-state index in [4.69, 9.17) is 0 Å². The first-order valence-electron chi connectivity index (χ1n) is 8.63. The Morgan fingerprint density at radius 3 is 2.12 bits per heavy atom. The first-order valence-corrected chi connectivity index (χ1v) is 8.63. The van der Waals surface area contributed by atoms with Crippen LogP contribution in [-0.2, 0) is 16.8 Å². The summed E-state index contributed by atoms with van der Waals surface area (Å²) in [7, 11) is 0. The number of hydrogen-bond acceptors (Lipinski definition) is 2. The molecule has 0 fully saturated rings. The summed E-state index contributed by atoms with van der Waals surface area (Å²) in [5, 5.41) is 12.2. The summed E-state index contributed by atoms with van der Waals surface area (Å²) in [5.41, 5.74) is 2.70. The lowest BCUT2D eigenvalue weighted by atomic mass is 9.87. The van der Waals surface area contributed by atoms with Gasteiger partial charge < -0.3 is 15.3 Å². The molecule has 0 aliphatic carbocycles. The van der Waals surface area contributed by atoms with Crippen LogP contribution in [0.4, 0.5) is 10.5 Å². The molecule has 1 atom stereocenters. The van der Waals surface area contributed by atoms with Crippen LogP contribution in [0.3, 0.4) is 0 Å². The molecule has 0 spiro atoms. The van der Waals surface area contributed by atoms with Gasteiger partial charge in [0.2, 0.25) is 0 Å². The Morgan fingerprint density at radius 1 is 1.04 bits per heavy atom. The number of carboxylic acid groups (broad SMARTS) is 1. The Morgan fingerprint density at radius 2 is 1.62 bits per heavy atom. The highest BCUT2D eigenvalue weighted by molar-refractivity contribution is 5.92. The van der Waals surface area contributed by atoms with E-state index in [0.29, 0.717) is 5.69 Å². The second kappa shape index (κ2) is 8.04. The maximum absolute atomic E-state index is 12.7. The molecule has 2 amide bonds. The van der Waals surface area contributed by atoms with Crippen molar-refractivity contribution in [1.82, 2.24) is 4.90 Å². The smallest absolute Gasteiger partial charge is 0.326 e. The Bertz CT molecular complexity index is 749. The van der Waals surface area contributed by atoms with Crippen molar-refractivity contribution in [3.63, 3.8) is 0 Å². The molecule has 0 bridgehead atoms. The number of rotatable bonds is 5. The number of amides is 2. The summed E-state index contributed by atoms with van der Waals surface area (Å²) in [5.74, 6) is -1.04. The number of nitrogens with zero attached hydrogens (tertiary/aromatic N) is 1. The lowest BCUT2D eigenvalue weighted by Crippen LogP contribution is -2.44. The van der Waals surface area contributed by atoms with Gasteiger partial charge >= 0.3 is 12.0 Å². The first-order chi connectivity index (χ1) is 12.2. The lowest BCUT2D eigenvalue weighted by molar-refractivity contribution is -0.141. The van der Waals surface area contributed by atoms with Crippen molar-refractivity contribution >= 4 is 17.7 Å². The Hall–Kier alpha value is -2.82. The van der Waals surface area contributed by atoms with E-state index in [-0.39, 0.29) is 12.0 Å². The Balaban J connectivity index is 2.16. The van der Waals surface area contributed by atoms with Crippen molar-refractivity contribution in [3.8, 4) is 0 Å². The van der Waals surface area contributed by atoms with Gasteiger partial charge in [-0.15, -0.1) is 0 Å². The van der Waals surface area contributed by atoms with E-state index in [1.165, 1.54) is 11.8 Å². The molecule has 2 rings (SSSR count). The number of nitrogens with one attached hydrogen (secondary N) is 1. The molecule has 138 valence electrons. The molecule has 0 saturated heterocycles. The van der Waals surface area contributed by atoms with Gasteiger partial charge in [0.1, 0.15) is 6.04 Å². The first kappa shape index (κ1) is 19.5. The molecule has 2 N–H and O–H groups in total. The fraction of sp³-hybridized carbons (Fsp3) is 0.333. The van der Waals surface area contributed by atoms with E-state index in [0.717, 1.165) is 11.1 Å². The van der Waals surface area contributed by atoms with Gasteiger partial charge in [0.15, 0.2) is 0 Å². The molecule has 1 unspecified atom stereocenters. The predicted molar refractivity (Wildman–Crippen MR) is 103 cm³/mol. The van der Waals surface area contributed by atoms with Crippen molar-refractivity contribution in [2.24, 2.45) is 0 Å². The van der Waals surface area contributed by atoms with Crippen LogP contribution in [0.5, 0.6) is 0 Å². The van der Waals surface area contributed by atoms with Crippen molar-refractivity contribution in [1.29, 1.82) is 0 Å². The molecule has 0 aliphatic heterocycles.